The van der Waals surface area contributed by atoms with E-state index in [1.165, 1.54) is 35.2 Å². The molecule has 0 saturated carbocycles. The molecule has 2 heterocycles. The zero-order valence-electron chi connectivity index (χ0n) is 14.4. The van der Waals surface area contributed by atoms with E-state index in [9.17, 15) is 9.18 Å². The van der Waals surface area contributed by atoms with Gasteiger partial charge in [0.05, 0.1) is 5.39 Å². The summed E-state index contributed by atoms with van der Waals surface area (Å²) in [7, 11) is 0. The van der Waals surface area contributed by atoms with Crippen molar-refractivity contribution in [2.75, 3.05) is 5.84 Å². The molecular weight excluding hydrogens is 381 g/mol. The predicted octanol–water partition coefficient (Wildman–Crippen LogP) is 4.83. The third kappa shape index (κ3) is 3.36. The molecule has 0 unspecified atom stereocenters. The predicted molar refractivity (Wildman–Crippen MR) is 110 cm³/mol. The largest absolute Gasteiger partial charge is 0.334 e. The van der Waals surface area contributed by atoms with E-state index < -0.39 is 0 Å². The molecule has 1 atom stereocenters. The Kier molecular flexibility index (Phi) is 4.72. The first-order valence-corrected chi connectivity index (χ1v) is 10.1. The van der Waals surface area contributed by atoms with Crippen LogP contribution in [0.5, 0.6) is 0 Å². The summed E-state index contributed by atoms with van der Waals surface area (Å²) in [6, 6.07) is 16.0. The van der Waals surface area contributed by atoms with E-state index in [1.807, 2.05) is 42.6 Å². The highest BCUT2D eigenvalue weighted by molar-refractivity contribution is 7.99. The lowest BCUT2D eigenvalue weighted by atomic mass is 10.1. The number of aromatic nitrogens is 2. The Balaban J connectivity index is 1.74. The molecule has 0 fully saturated rings. The highest BCUT2D eigenvalue weighted by Crippen LogP contribution is 2.36. The van der Waals surface area contributed by atoms with Crippen LogP contribution in [0.1, 0.15) is 17.7 Å². The van der Waals surface area contributed by atoms with E-state index in [4.69, 9.17) is 5.84 Å². The minimum atomic E-state index is -0.279. The van der Waals surface area contributed by atoms with Crippen LogP contribution < -0.4 is 11.4 Å². The average molecular weight is 398 g/mol. The fraction of sp³-hybridized carbons (Fsp3) is 0.100. The summed E-state index contributed by atoms with van der Waals surface area (Å²) >= 11 is 2.80. The number of nitrogens with two attached hydrogens (primary N) is 1. The molecule has 0 aliphatic heterocycles. The molecule has 4 rings (SSSR count). The van der Waals surface area contributed by atoms with Crippen molar-refractivity contribution in [1.29, 1.82) is 0 Å². The maximum absolute atomic E-state index is 13.1. The molecule has 7 heteroatoms. The second kappa shape index (κ2) is 7.17. The van der Waals surface area contributed by atoms with Crippen molar-refractivity contribution in [1.82, 2.24) is 9.66 Å². The molecule has 0 amide bonds. The van der Waals surface area contributed by atoms with E-state index in [0.717, 1.165) is 21.4 Å². The summed E-state index contributed by atoms with van der Waals surface area (Å²) in [5.41, 5.74) is 2.47. The van der Waals surface area contributed by atoms with Gasteiger partial charge in [0.2, 0.25) is 0 Å². The molecule has 0 aliphatic rings. The molecule has 0 spiro atoms. The van der Waals surface area contributed by atoms with Gasteiger partial charge in [0, 0.05) is 16.2 Å². The number of hydrogen-bond acceptors (Lipinski definition) is 5. The molecule has 0 bridgehead atoms. The number of fused-ring (bicyclic) bond motifs is 1. The van der Waals surface area contributed by atoms with Crippen LogP contribution in [-0.4, -0.2) is 9.66 Å². The number of halogens is 1. The Morgan fingerprint density at radius 2 is 1.85 bits per heavy atom. The van der Waals surface area contributed by atoms with E-state index in [2.05, 4.69) is 4.98 Å². The summed E-state index contributed by atoms with van der Waals surface area (Å²) in [5, 5.41) is 2.88. The number of nitrogens with zero attached hydrogens (tertiary/aromatic N) is 2. The molecular formula is C20H16FN3OS2. The molecule has 2 aromatic heterocycles. The Labute approximate surface area is 163 Å². The van der Waals surface area contributed by atoms with Crippen LogP contribution in [0.25, 0.3) is 21.3 Å². The van der Waals surface area contributed by atoms with Crippen LogP contribution in [0.2, 0.25) is 0 Å². The normalized spacial score (nSPS) is 12.4. The lowest BCUT2D eigenvalue weighted by Gasteiger charge is -2.13. The van der Waals surface area contributed by atoms with Crippen molar-refractivity contribution in [2.45, 2.75) is 17.3 Å². The molecule has 0 aliphatic carbocycles. The van der Waals surface area contributed by atoms with Crippen LogP contribution in [0, 0.1) is 5.82 Å². The third-order valence-electron chi connectivity index (χ3n) is 4.31. The van der Waals surface area contributed by atoms with Crippen LogP contribution in [0.15, 0.2) is 69.9 Å². The zero-order valence-corrected chi connectivity index (χ0v) is 16.1. The SMILES string of the molecule is C[C@@H](Sc1nc2scc(-c3ccccc3)c2c(=O)n1N)c1ccc(F)cc1. The number of benzene rings is 2. The van der Waals surface area contributed by atoms with Crippen molar-refractivity contribution in [2.24, 2.45) is 0 Å². The topological polar surface area (TPSA) is 60.9 Å². The summed E-state index contributed by atoms with van der Waals surface area (Å²) in [6.07, 6.45) is 0. The third-order valence-corrected chi connectivity index (χ3v) is 6.31. The van der Waals surface area contributed by atoms with E-state index >= 15 is 0 Å². The van der Waals surface area contributed by atoms with Crippen LogP contribution in [0.4, 0.5) is 4.39 Å². The van der Waals surface area contributed by atoms with Crippen LogP contribution >= 0.6 is 23.1 Å². The van der Waals surface area contributed by atoms with Gasteiger partial charge in [-0.3, -0.25) is 4.79 Å². The van der Waals surface area contributed by atoms with Crippen molar-refractivity contribution in [3.8, 4) is 11.1 Å². The van der Waals surface area contributed by atoms with Crippen molar-refractivity contribution in [3.05, 3.63) is 81.7 Å². The summed E-state index contributed by atoms with van der Waals surface area (Å²) in [5.74, 6) is 5.79. The maximum Gasteiger partial charge on any atom is 0.282 e. The maximum atomic E-state index is 13.1. The lowest BCUT2D eigenvalue weighted by molar-refractivity contribution is 0.627. The number of thioether (sulfide) groups is 1. The van der Waals surface area contributed by atoms with E-state index in [1.54, 1.807) is 12.1 Å². The summed E-state index contributed by atoms with van der Waals surface area (Å²) in [6.45, 7) is 1.97. The van der Waals surface area contributed by atoms with Crippen molar-refractivity contribution in [3.63, 3.8) is 0 Å². The average Bonchev–Trinajstić information content (AvgIpc) is 3.11. The highest BCUT2D eigenvalue weighted by atomic mass is 32.2. The van der Waals surface area contributed by atoms with Gasteiger partial charge in [0.15, 0.2) is 5.16 Å². The molecule has 27 heavy (non-hydrogen) atoms. The Hall–Kier alpha value is -2.64. The quantitative estimate of drug-likeness (QED) is 0.304. The minimum absolute atomic E-state index is 0.0293. The first-order valence-electron chi connectivity index (χ1n) is 8.31. The second-order valence-electron chi connectivity index (χ2n) is 6.08. The van der Waals surface area contributed by atoms with Gasteiger partial charge < -0.3 is 5.84 Å². The first-order chi connectivity index (χ1) is 13.0. The second-order valence-corrected chi connectivity index (χ2v) is 8.24. The van der Waals surface area contributed by atoms with Gasteiger partial charge in [-0.25, -0.2) is 14.1 Å². The van der Waals surface area contributed by atoms with Crippen molar-refractivity contribution < 1.29 is 4.39 Å². The standard InChI is InChI=1S/C20H16FN3OS2/c1-12(13-7-9-15(21)10-8-13)27-20-23-18-17(19(25)24(20)22)16(11-26-18)14-5-3-2-4-6-14/h2-12H,22H2,1H3/t12-/m1/s1. The molecule has 0 radical (unpaired) electrons. The zero-order chi connectivity index (χ0) is 19.0. The molecule has 2 aromatic carbocycles. The monoisotopic (exact) mass is 397 g/mol. The van der Waals surface area contributed by atoms with Crippen LogP contribution in [-0.2, 0) is 0 Å². The summed E-state index contributed by atoms with van der Waals surface area (Å²) in [4.78, 5) is 18.2. The Morgan fingerprint density at radius 3 is 2.56 bits per heavy atom. The van der Waals surface area contributed by atoms with Gasteiger partial charge in [0.1, 0.15) is 10.6 Å². The number of rotatable bonds is 4. The number of nitrogen functional groups attached to an aromatic ring is 1. The summed E-state index contributed by atoms with van der Waals surface area (Å²) < 4.78 is 14.2. The van der Waals surface area contributed by atoms with Gasteiger partial charge in [-0.15, -0.1) is 11.3 Å². The van der Waals surface area contributed by atoms with E-state index in [0.29, 0.717) is 15.4 Å². The lowest BCUT2D eigenvalue weighted by Crippen LogP contribution is -2.29. The number of hydrogen-bond donors (Lipinski definition) is 1. The first kappa shape index (κ1) is 17.8. The fourth-order valence-electron chi connectivity index (χ4n) is 2.86. The minimum Gasteiger partial charge on any atom is -0.334 e. The van der Waals surface area contributed by atoms with Crippen molar-refractivity contribution >= 4 is 33.3 Å². The van der Waals surface area contributed by atoms with Crippen LogP contribution in [0.3, 0.4) is 0 Å². The van der Waals surface area contributed by atoms with Gasteiger partial charge in [0.25, 0.3) is 5.56 Å². The Morgan fingerprint density at radius 1 is 1.15 bits per heavy atom. The van der Waals surface area contributed by atoms with Gasteiger partial charge >= 0.3 is 0 Å². The molecule has 4 aromatic rings. The van der Waals surface area contributed by atoms with Gasteiger partial charge in [-0.2, -0.15) is 0 Å². The fourth-order valence-corrected chi connectivity index (χ4v) is 4.80. The highest BCUT2D eigenvalue weighted by Gasteiger charge is 2.18. The van der Waals surface area contributed by atoms with Gasteiger partial charge in [-0.1, -0.05) is 54.2 Å². The molecule has 4 nitrogen and oxygen atoms in total. The Bertz CT molecular complexity index is 1150. The number of thiophene rings is 1. The molecule has 0 saturated heterocycles. The smallest absolute Gasteiger partial charge is 0.282 e. The molecule has 136 valence electrons. The molecule has 2 N–H and O–H groups in total. The van der Waals surface area contributed by atoms with E-state index in [-0.39, 0.29) is 16.6 Å². The van der Waals surface area contributed by atoms with Gasteiger partial charge in [-0.05, 0) is 30.2 Å².